The first-order valence-electron chi connectivity index (χ1n) is 4.78. The lowest BCUT2D eigenvalue weighted by Gasteiger charge is -2.06. The van der Waals surface area contributed by atoms with Crippen LogP contribution in [-0.4, -0.2) is 17.0 Å². The van der Waals surface area contributed by atoms with E-state index in [0.29, 0.717) is 0 Å². The van der Waals surface area contributed by atoms with E-state index in [1.54, 1.807) is 13.1 Å². The Balaban J connectivity index is 2.63. The van der Waals surface area contributed by atoms with Crippen molar-refractivity contribution in [3.05, 3.63) is 40.5 Å². The van der Waals surface area contributed by atoms with E-state index in [0.717, 1.165) is 6.20 Å². The number of anilines is 1. The summed E-state index contributed by atoms with van der Waals surface area (Å²) in [6.45, 7) is 0. The molecule has 88 valence electrons. The van der Waals surface area contributed by atoms with Gasteiger partial charge in [-0.3, -0.25) is 0 Å². The average Bonchev–Trinajstić information content (AvgIpc) is 2.34. The van der Waals surface area contributed by atoms with E-state index in [9.17, 15) is 8.78 Å². The molecule has 3 nitrogen and oxygen atoms in total. The molecule has 0 aliphatic heterocycles. The maximum atomic E-state index is 13.8. The number of benzene rings is 1. The van der Waals surface area contributed by atoms with E-state index in [-0.39, 0.29) is 21.7 Å². The van der Waals surface area contributed by atoms with Crippen LogP contribution in [0.1, 0.15) is 0 Å². The Morgan fingerprint density at radius 2 is 2.06 bits per heavy atom. The van der Waals surface area contributed by atoms with E-state index in [2.05, 4.69) is 31.2 Å². The second-order valence-corrected chi connectivity index (χ2v) is 4.10. The Kier molecular flexibility index (Phi) is 3.33. The lowest BCUT2D eigenvalue weighted by Crippen LogP contribution is -2.01. The molecule has 2 rings (SSSR count). The van der Waals surface area contributed by atoms with Crippen LogP contribution in [0.2, 0.25) is 0 Å². The molecule has 0 aliphatic carbocycles. The highest BCUT2D eigenvalue weighted by atomic mass is 79.9. The third-order valence-electron chi connectivity index (χ3n) is 2.17. The zero-order chi connectivity index (χ0) is 12.4. The molecule has 2 aromatic rings. The third kappa shape index (κ3) is 2.26. The van der Waals surface area contributed by atoms with Crippen LogP contribution in [0.3, 0.4) is 0 Å². The molecule has 0 unspecified atom stereocenters. The molecule has 0 radical (unpaired) electrons. The van der Waals surface area contributed by atoms with Crippen LogP contribution in [-0.2, 0) is 0 Å². The quantitative estimate of drug-likeness (QED) is 0.925. The van der Waals surface area contributed by atoms with Gasteiger partial charge in [-0.2, -0.15) is 0 Å². The fourth-order valence-corrected chi connectivity index (χ4v) is 1.73. The van der Waals surface area contributed by atoms with Crippen molar-refractivity contribution >= 4 is 21.9 Å². The van der Waals surface area contributed by atoms with Gasteiger partial charge < -0.3 is 5.32 Å². The van der Waals surface area contributed by atoms with Crippen molar-refractivity contribution < 1.29 is 8.78 Å². The van der Waals surface area contributed by atoms with E-state index in [1.807, 2.05) is 0 Å². The van der Waals surface area contributed by atoms with Gasteiger partial charge in [-0.25, -0.2) is 18.7 Å². The molecular weight excluding hydrogens is 292 g/mol. The van der Waals surface area contributed by atoms with Crippen LogP contribution in [0.15, 0.2) is 28.9 Å². The monoisotopic (exact) mass is 299 g/mol. The van der Waals surface area contributed by atoms with Crippen LogP contribution < -0.4 is 5.32 Å². The number of nitrogens with one attached hydrogen (secondary N) is 1. The lowest BCUT2D eigenvalue weighted by atomic mass is 10.1. The normalized spacial score (nSPS) is 10.4. The zero-order valence-corrected chi connectivity index (χ0v) is 10.4. The molecule has 1 aromatic heterocycles. The van der Waals surface area contributed by atoms with Gasteiger partial charge in [-0.1, -0.05) is 6.07 Å². The van der Waals surface area contributed by atoms with Gasteiger partial charge in [0.25, 0.3) is 0 Å². The molecule has 0 saturated heterocycles. The van der Waals surface area contributed by atoms with Crippen molar-refractivity contribution in [3.8, 4) is 11.3 Å². The lowest BCUT2D eigenvalue weighted by molar-refractivity contribution is 0.604. The first kappa shape index (κ1) is 11.9. The van der Waals surface area contributed by atoms with Gasteiger partial charge >= 0.3 is 0 Å². The molecule has 1 N–H and O–H groups in total. The number of halogens is 3. The van der Waals surface area contributed by atoms with Crippen LogP contribution >= 0.6 is 15.9 Å². The van der Waals surface area contributed by atoms with E-state index >= 15 is 0 Å². The molecule has 0 amide bonds. The number of hydrogen-bond donors (Lipinski definition) is 1. The Labute approximate surface area is 105 Å². The molecular formula is C11H8BrF2N3. The summed E-state index contributed by atoms with van der Waals surface area (Å²) in [7, 11) is 1.61. The van der Waals surface area contributed by atoms with Gasteiger partial charge in [0, 0.05) is 12.6 Å². The van der Waals surface area contributed by atoms with Crippen molar-refractivity contribution in [1.29, 1.82) is 0 Å². The van der Waals surface area contributed by atoms with Crippen LogP contribution in [0.25, 0.3) is 11.3 Å². The molecule has 0 aliphatic rings. The molecule has 1 aromatic carbocycles. The van der Waals surface area contributed by atoms with Gasteiger partial charge in [0.05, 0.1) is 10.7 Å². The molecule has 1 heterocycles. The highest BCUT2D eigenvalue weighted by Gasteiger charge is 2.14. The van der Waals surface area contributed by atoms with Gasteiger partial charge in [-0.15, -0.1) is 0 Å². The van der Waals surface area contributed by atoms with Crippen LogP contribution in [0, 0.1) is 11.6 Å². The second kappa shape index (κ2) is 4.75. The van der Waals surface area contributed by atoms with Crippen molar-refractivity contribution in [3.63, 3.8) is 0 Å². The summed E-state index contributed by atoms with van der Waals surface area (Å²) in [4.78, 5) is 7.61. The second-order valence-electron chi connectivity index (χ2n) is 3.24. The predicted octanol–water partition coefficient (Wildman–Crippen LogP) is 3.23. The molecule has 0 spiro atoms. The van der Waals surface area contributed by atoms with Gasteiger partial charge in [0.15, 0.2) is 5.82 Å². The van der Waals surface area contributed by atoms with Gasteiger partial charge in [0.1, 0.15) is 11.5 Å². The Bertz CT molecular complexity index is 560. The summed E-state index contributed by atoms with van der Waals surface area (Å²) in [5.41, 5.74) is 0.0268. The minimum atomic E-state index is -0.666. The summed E-state index contributed by atoms with van der Waals surface area (Å²) >= 11 is 3.05. The molecule has 17 heavy (non-hydrogen) atoms. The average molecular weight is 300 g/mol. The zero-order valence-electron chi connectivity index (χ0n) is 8.84. The van der Waals surface area contributed by atoms with Crippen molar-refractivity contribution in [2.45, 2.75) is 0 Å². The Morgan fingerprint density at radius 1 is 1.29 bits per heavy atom. The van der Waals surface area contributed by atoms with E-state index in [4.69, 9.17) is 0 Å². The predicted molar refractivity (Wildman–Crippen MR) is 64.6 cm³/mol. The minimum absolute atomic E-state index is 0.0665. The van der Waals surface area contributed by atoms with E-state index < -0.39 is 11.6 Å². The number of rotatable bonds is 2. The summed E-state index contributed by atoms with van der Waals surface area (Å²) in [5, 5.41) is 2.68. The maximum absolute atomic E-state index is 13.8. The van der Waals surface area contributed by atoms with E-state index in [1.165, 1.54) is 12.1 Å². The Morgan fingerprint density at radius 3 is 2.76 bits per heavy atom. The highest BCUT2D eigenvalue weighted by Crippen LogP contribution is 2.28. The molecule has 0 bridgehead atoms. The fourth-order valence-electron chi connectivity index (χ4n) is 1.36. The summed E-state index contributed by atoms with van der Waals surface area (Å²) in [6.07, 6.45) is 1.01. The van der Waals surface area contributed by atoms with Crippen LogP contribution in [0.5, 0.6) is 0 Å². The number of nitrogens with zero attached hydrogens (tertiary/aromatic N) is 2. The summed E-state index contributed by atoms with van der Waals surface area (Å²) in [6, 6.07) is 4.62. The first-order valence-corrected chi connectivity index (χ1v) is 5.57. The summed E-state index contributed by atoms with van der Waals surface area (Å²) in [5.74, 6) is -0.978. The molecule has 0 atom stereocenters. The first-order chi connectivity index (χ1) is 8.13. The topological polar surface area (TPSA) is 37.8 Å². The maximum Gasteiger partial charge on any atom is 0.223 e. The summed E-state index contributed by atoms with van der Waals surface area (Å²) < 4.78 is 27.6. The van der Waals surface area contributed by atoms with Crippen LogP contribution in [0.4, 0.5) is 14.7 Å². The van der Waals surface area contributed by atoms with Crippen molar-refractivity contribution in [2.75, 3.05) is 12.4 Å². The molecule has 6 heteroatoms. The Hall–Kier alpha value is -1.56. The standard InChI is InChI=1S/C11H8BrF2N3/c1-15-11-16-5-8(13)10(17-11)6-3-2-4-7(12)9(6)14/h2-5H,1H3,(H,15,16,17). The largest absolute Gasteiger partial charge is 0.357 e. The third-order valence-corrected chi connectivity index (χ3v) is 2.79. The van der Waals surface area contributed by atoms with Crippen molar-refractivity contribution in [2.24, 2.45) is 0 Å². The van der Waals surface area contributed by atoms with Gasteiger partial charge in [-0.05, 0) is 28.1 Å². The minimum Gasteiger partial charge on any atom is -0.357 e. The smallest absolute Gasteiger partial charge is 0.223 e. The SMILES string of the molecule is CNc1ncc(F)c(-c2cccc(Br)c2F)n1. The number of hydrogen-bond acceptors (Lipinski definition) is 3. The van der Waals surface area contributed by atoms with Crippen molar-refractivity contribution in [1.82, 2.24) is 9.97 Å². The van der Waals surface area contributed by atoms with Gasteiger partial charge in [0.2, 0.25) is 5.95 Å². The molecule has 0 fully saturated rings. The molecule has 0 saturated carbocycles. The highest BCUT2D eigenvalue weighted by molar-refractivity contribution is 9.10. The number of aromatic nitrogens is 2. The fraction of sp³-hybridized carbons (Fsp3) is 0.0909.